The SMILES string of the molecule is CCCNC(=O)NCCC12CC3CC(CC(C3)C1)C2. The average Bonchev–Trinajstić information content (AvgIpc) is 2.34. The van der Waals surface area contributed by atoms with Crippen molar-refractivity contribution in [2.75, 3.05) is 13.1 Å². The fraction of sp³-hybridized carbons (Fsp3) is 0.938. The van der Waals surface area contributed by atoms with Gasteiger partial charge in [-0.05, 0) is 74.5 Å². The van der Waals surface area contributed by atoms with Crippen LogP contribution in [-0.2, 0) is 0 Å². The summed E-state index contributed by atoms with van der Waals surface area (Å²) in [5.41, 5.74) is 0.590. The highest BCUT2D eigenvalue weighted by Crippen LogP contribution is 2.61. The van der Waals surface area contributed by atoms with Gasteiger partial charge in [0, 0.05) is 13.1 Å². The van der Waals surface area contributed by atoms with Crippen LogP contribution in [0.25, 0.3) is 0 Å². The molecular weight excluding hydrogens is 236 g/mol. The number of hydrogen-bond acceptors (Lipinski definition) is 1. The molecule has 19 heavy (non-hydrogen) atoms. The molecule has 3 heteroatoms. The highest BCUT2D eigenvalue weighted by Gasteiger charge is 2.50. The predicted octanol–water partition coefficient (Wildman–Crippen LogP) is 3.30. The lowest BCUT2D eigenvalue weighted by Gasteiger charge is -2.57. The Balaban J connectivity index is 1.46. The van der Waals surface area contributed by atoms with Crippen molar-refractivity contribution in [3.05, 3.63) is 0 Å². The molecule has 108 valence electrons. The van der Waals surface area contributed by atoms with Crippen molar-refractivity contribution in [2.45, 2.75) is 58.3 Å². The van der Waals surface area contributed by atoms with Crippen LogP contribution in [-0.4, -0.2) is 19.1 Å². The zero-order chi connectivity index (χ0) is 13.3. The van der Waals surface area contributed by atoms with E-state index in [-0.39, 0.29) is 6.03 Å². The summed E-state index contributed by atoms with van der Waals surface area (Å²) >= 11 is 0. The minimum absolute atomic E-state index is 0.0200. The fourth-order valence-corrected chi connectivity index (χ4v) is 5.34. The first kappa shape index (κ1) is 13.3. The topological polar surface area (TPSA) is 41.1 Å². The van der Waals surface area contributed by atoms with E-state index >= 15 is 0 Å². The second-order valence-electron chi connectivity index (χ2n) is 7.35. The molecule has 4 saturated carbocycles. The van der Waals surface area contributed by atoms with Gasteiger partial charge in [-0.2, -0.15) is 0 Å². The maximum absolute atomic E-state index is 11.6. The van der Waals surface area contributed by atoms with Crippen LogP contribution < -0.4 is 10.6 Å². The molecule has 4 fully saturated rings. The van der Waals surface area contributed by atoms with E-state index in [1.807, 2.05) is 0 Å². The summed E-state index contributed by atoms with van der Waals surface area (Å²) in [6.45, 7) is 3.72. The van der Waals surface area contributed by atoms with Crippen molar-refractivity contribution in [1.82, 2.24) is 10.6 Å². The molecule has 0 radical (unpaired) electrons. The Morgan fingerprint density at radius 1 is 1.00 bits per heavy atom. The minimum atomic E-state index is 0.0200. The largest absolute Gasteiger partial charge is 0.338 e. The summed E-state index contributed by atoms with van der Waals surface area (Å²) in [4.78, 5) is 11.6. The van der Waals surface area contributed by atoms with Gasteiger partial charge in [0.15, 0.2) is 0 Å². The van der Waals surface area contributed by atoms with E-state index in [1.54, 1.807) is 0 Å². The van der Waals surface area contributed by atoms with Crippen LogP contribution in [0.1, 0.15) is 58.3 Å². The highest BCUT2D eigenvalue weighted by atomic mass is 16.2. The van der Waals surface area contributed by atoms with Crippen molar-refractivity contribution in [2.24, 2.45) is 23.2 Å². The highest BCUT2D eigenvalue weighted by molar-refractivity contribution is 5.73. The van der Waals surface area contributed by atoms with E-state index in [2.05, 4.69) is 17.6 Å². The van der Waals surface area contributed by atoms with Gasteiger partial charge >= 0.3 is 6.03 Å². The summed E-state index contributed by atoms with van der Waals surface area (Å²) in [6, 6.07) is 0.0200. The molecule has 0 aliphatic heterocycles. The molecule has 0 aromatic rings. The van der Waals surface area contributed by atoms with Gasteiger partial charge < -0.3 is 10.6 Å². The Morgan fingerprint density at radius 3 is 2.05 bits per heavy atom. The first-order chi connectivity index (χ1) is 9.19. The zero-order valence-electron chi connectivity index (χ0n) is 12.2. The predicted molar refractivity (Wildman–Crippen MR) is 76.9 cm³/mol. The van der Waals surface area contributed by atoms with Crippen molar-refractivity contribution < 1.29 is 4.79 Å². The summed E-state index contributed by atoms with van der Waals surface area (Å²) in [6.07, 6.45) is 11.0. The van der Waals surface area contributed by atoms with Crippen LogP contribution >= 0.6 is 0 Å². The Kier molecular flexibility index (Phi) is 3.72. The summed E-state index contributed by atoms with van der Waals surface area (Å²) < 4.78 is 0. The Labute approximate surface area is 116 Å². The van der Waals surface area contributed by atoms with Crippen LogP contribution in [0, 0.1) is 23.2 Å². The van der Waals surface area contributed by atoms with Crippen LogP contribution in [0.15, 0.2) is 0 Å². The molecule has 4 aliphatic carbocycles. The van der Waals surface area contributed by atoms with E-state index < -0.39 is 0 Å². The summed E-state index contributed by atoms with van der Waals surface area (Å²) in [7, 11) is 0. The van der Waals surface area contributed by atoms with Gasteiger partial charge in [0.1, 0.15) is 0 Å². The van der Waals surface area contributed by atoms with E-state index in [1.165, 1.54) is 44.9 Å². The smallest absolute Gasteiger partial charge is 0.314 e. The Bertz CT molecular complexity index is 304. The number of nitrogens with one attached hydrogen (secondary N) is 2. The number of rotatable bonds is 5. The molecule has 3 nitrogen and oxygen atoms in total. The third kappa shape index (κ3) is 2.90. The zero-order valence-corrected chi connectivity index (χ0v) is 12.2. The standard InChI is InChI=1S/C16H28N2O/c1-2-4-17-15(19)18-5-3-16-9-12-6-13(10-16)8-14(7-12)11-16/h12-14H,2-11H2,1H3,(H2,17,18,19). The second kappa shape index (κ2) is 5.34. The minimum Gasteiger partial charge on any atom is -0.338 e. The lowest BCUT2D eigenvalue weighted by Crippen LogP contribution is -2.47. The molecule has 0 atom stereocenters. The number of carbonyl (C=O) groups excluding carboxylic acids is 1. The molecule has 4 aliphatic rings. The van der Waals surface area contributed by atoms with Gasteiger partial charge in [-0.1, -0.05) is 6.92 Å². The van der Waals surface area contributed by atoms with E-state index in [9.17, 15) is 4.79 Å². The van der Waals surface area contributed by atoms with Crippen molar-refractivity contribution in [3.63, 3.8) is 0 Å². The molecule has 0 aromatic heterocycles. The second-order valence-corrected chi connectivity index (χ2v) is 7.35. The molecule has 4 bridgehead atoms. The normalized spacial score (nSPS) is 39.3. The van der Waals surface area contributed by atoms with Gasteiger partial charge in [0.2, 0.25) is 0 Å². The molecular formula is C16H28N2O. The van der Waals surface area contributed by atoms with Gasteiger partial charge in [-0.3, -0.25) is 0 Å². The van der Waals surface area contributed by atoms with Crippen LogP contribution in [0.3, 0.4) is 0 Å². The summed E-state index contributed by atoms with van der Waals surface area (Å²) in [5.74, 6) is 3.04. The summed E-state index contributed by atoms with van der Waals surface area (Å²) in [5, 5.41) is 5.93. The van der Waals surface area contributed by atoms with Gasteiger partial charge in [0.25, 0.3) is 0 Å². The van der Waals surface area contributed by atoms with Crippen LogP contribution in [0.4, 0.5) is 4.79 Å². The molecule has 2 amide bonds. The van der Waals surface area contributed by atoms with Crippen molar-refractivity contribution in [3.8, 4) is 0 Å². The fourth-order valence-electron chi connectivity index (χ4n) is 5.34. The van der Waals surface area contributed by atoms with Crippen molar-refractivity contribution >= 4 is 6.03 Å². The molecule has 0 unspecified atom stereocenters. The third-order valence-corrected chi connectivity index (χ3v) is 5.64. The van der Waals surface area contributed by atoms with Gasteiger partial charge in [0.05, 0.1) is 0 Å². The maximum Gasteiger partial charge on any atom is 0.314 e. The average molecular weight is 264 g/mol. The number of amides is 2. The van der Waals surface area contributed by atoms with Gasteiger partial charge in [-0.15, -0.1) is 0 Å². The van der Waals surface area contributed by atoms with E-state index in [0.29, 0.717) is 5.41 Å². The first-order valence-corrected chi connectivity index (χ1v) is 8.21. The van der Waals surface area contributed by atoms with Crippen LogP contribution in [0.5, 0.6) is 0 Å². The monoisotopic (exact) mass is 264 g/mol. The van der Waals surface area contributed by atoms with Crippen molar-refractivity contribution in [1.29, 1.82) is 0 Å². The first-order valence-electron chi connectivity index (χ1n) is 8.21. The molecule has 0 aromatic carbocycles. The number of hydrogen-bond donors (Lipinski definition) is 2. The molecule has 2 N–H and O–H groups in total. The Hall–Kier alpha value is -0.730. The number of carbonyl (C=O) groups is 1. The number of urea groups is 1. The van der Waals surface area contributed by atoms with Gasteiger partial charge in [-0.25, -0.2) is 4.79 Å². The quantitative estimate of drug-likeness (QED) is 0.786. The van der Waals surface area contributed by atoms with E-state index in [4.69, 9.17) is 0 Å². The molecule has 0 spiro atoms. The Morgan fingerprint density at radius 2 is 1.53 bits per heavy atom. The third-order valence-electron chi connectivity index (χ3n) is 5.64. The molecule has 0 heterocycles. The van der Waals surface area contributed by atoms with Crippen LogP contribution in [0.2, 0.25) is 0 Å². The molecule has 4 rings (SSSR count). The van der Waals surface area contributed by atoms with E-state index in [0.717, 1.165) is 37.3 Å². The lowest BCUT2D eigenvalue weighted by atomic mass is 9.49. The molecule has 0 saturated heterocycles. The lowest BCUT2D eigenvalue weighted by molar-refractivity contribution is -0.0563. The maximum atomic E-state index is 11.6.